The fourth-order valence-corrected chi connectivity index (χ4v) is 3.04. The van der Waals surface area contributed by atoms with Gasteiger partial charge in [0.1, 0.15) is 18.1 Å². The number of hydrogen-bond acceptors (Lipinski definition) is 4. The molecule has 2 rings (SSSR count). The zero-order chi connectivity index (χ0) is 17.4. The highest BCUT2D eigenvalue weighted by molar-refractivity contribution is 8.00. The summed E-state index contributed by atoms with van der Waals surface area (Å²) in [6, 6.07) is 15.5. The molecule has 4 nitrogen and oxygen atoms in total. The van der Waals surface area contributed by atoms with Gasteiger partial charge in [0.25, 0.3) is 0 Å². The molecule has 24 heavy (non-hydrogen) atoms. The van der Waals surface area contributed by atoms with Crippen molar-refractivity contribution in [2.24, 2.45) is 0 Å². The molecule has 0 aliphatic rings. The third kappa shape index (κ3) is 5.49. The molecule has 0 N–H and O–H groups in total. The van der Waals surface area contributed by atoms with Crippen LogP contribution >= 0.6 is 11.8 Å². The summed E-state index contributed by atoms with van der Waals surface area (Å²) in [4.78, 5) is 15.0. The molecule has 0 atom stereocenters. The second kappa shape index (κ2) is 9.23. The summed E-state index contributed by atoms with van der Waals surface area (Å²) >= 11 is 1.57. The monoisotopic (exact) mass is 345 g/mol. The standard InChI is InChI=1S/C19H23NO3S/c1-15-6-4-5-7-18(15)24-14-19(21)20(2)12-13-23-17-10-8-16(22-3)9-11-17/h4-11H,12-14H2,1-3H3. The highest BCUT2D eigenvalue weighted by Crippen LogP contribution is 2.22. The topological polar surface area (TPSA) is 38.8 Å². The van der Waals surface area contributed by atoms with Gasteiger partial charge in [0.05, 0.1) is 19.4 Å². The maximum absolute atomic E-state index is 12.2. The van der Waals surface area contributed by atoms with Crippen LogP contribution in [0.5, 0.6) is 11.5 Å². The van der Waals surface area contributed by atoms with Gasteiger partial charge >= 0.3 is 0 Å². The summed E-state index contributed by atoms with van der Waals surface area (Å²) in [6.07, 6.45) is 0. The number of carbonyl (C=O) groups excluding carboxylic acids is 1. The lowest BCUT2D eigenvalue weighted by molar-refractivity contribution is -0.127. The van der Waals surface area contributed by atoms with Gasteiger partial charge in [-0.2, -0.15) is 0 Å². The summed E-state index contributed by atoms with van der Waals surface area (Å²) in [5, 5.41) is 0. The van der Waals surface area contributed by atoms with Crippen molar-refractivity contribution in [3.05, 3.63) is 54.1 Å². The van der Waals surface area contributed by atoms with Crippen molar-refractivity contribution in [1.29, 1.82) is 0 Å². The van der Waals surface area contributed by atoms with Crippen LogP contribution in [0.1, 0.15) is 5.56 Å². The van der Waals surface area contributed by atoms with Gasteiger partial charge in [0.2, 0.25) is 5.91 Å². The second-order valence-electron chi connectivity index (χ2n) is 5.39. The largest absolute Gasteiger partial charge is 0.497 e. The number of methoxy groups -OCH3 is 1. The van der Waals surface area contributed by atoms with Crippen molar-refractivity contribution in [1.82, 2.24) is 4.90 Å². The number of rotatable bonds is 8. The zero-order valence-corrected chi connectivity index (χ0v) is 15.1. The number of hydrogen-bond donors (Lipinski definition) is 0. The predicted molar refractivity (Wildman–Crippen MR) is 98.0 cm³/mol. The van der Waals surface area contributed by atoms with Crippen LogP contribution in [-0.4, -0.2) is 43.9 Å². The van der Waals surface area contributed by atoms with Crippen molar-refractivity contribution in [2.45, 2.75) is 11.8 Å². The smallest absolute Gasteiger partial charge is 0.232 e. The fourth-order valence-electron chi connectivity index (χ4n) is 2.07. The second-order valence-corrected chi connectivity index (χ2v) is 6.41. The molecule has 0 aliphatic carbocycles. The quantitative estimate of drug-likeness (QED) is 0.685. The molecular weight excluding hydrogens is 322 g/mol. The summed E-state index contributed by atoms with van der Waals surface area (Å²) in [5.41, 5.74) is 1.20. The molecule has 0 radical (unpaired) electrons. The molecule has 0 saturated heterocycles. The number of aryl methyl sites for hydroxylation is 1. The van der Waals surface area contributed by atoms with E-state index in [2.05, 4.69) is 13.0 Å². The maximum Gasteiger partial charge on any atom is 0.232 e. The molecule has 0 aromatic heterocycles. The lowest BCUT2D eigenvalue weighted by atomic mass is 10.2. The third-order valence-electron chi connectivity index (χ3n) is 3.63. The molecular formula is C19H23NO3S. The van der Waals surface area contributed by atoms with E-state index >= 15 is 0 Å². The maximum atomic E-state index is 12.2. The molecule has 128 valence electrons. The molecule has 0 heterocycles. The summed E-state index contributed by atoms with van der Waals surface area (Å²) < 4.78 is 10.8. The zero-order valence-electron chi connectivity index (χ0n) is 14.3. The van der Waals surface area contributed by atoms with Crippen molar-refractivity contribution in [3.8, 4) is 11.5 Å². The number of nitrogens with zero attached hydrogens (tertiary/aromatic N) is 1. The van der Waals surface area contributed by atoms with Gasteiger partial charge in [-0.15, -0.1) is 11.8 Å². The van der Waals surface area contributed by atoms with Crippen LogP contribution in [0.3, 0.4) is 0 Å². The average molecular weight is 345 g/mol. The molecule has 0 unspecified atom stereocenters. The van der Waals surface area contributed by atoms with Gasteiger partial charge in [0.15, 0.2) is 0 Å². The number of thioether (sulfide) groups is 1. The Balaban J connectivity index is 1.72. The van der Waals surface area contributed by atoms with Crippen molar-refractivity contribution < 1.29 is 14.3 Å². The SMILES string of the molecule is COc1ccc(OCCN(C)C(=O)CSc2ccccc2C)cc1. The first-order valence-corrected chi connectivity index (χ1v) is 8.78. The Morgan fingerprint density at radius 2 is 1.75 bits per heavy atom. The molecule has 2 aromatic carbocycles. The van der Waals surface area contributed by atoms with E-state index in [1.54, 1.807) is 30.8 Å². The Kier molecular flexibility index (Phi) is 7.00. The van der Waals surface area contributed by atoms with E-state index in [-0.39, 0.29) is 5.91 Å². The van der Waals surface area contributed by atoms with Gasteiger partial charge in [-0.3, -0.25) is 4.79 Å². The Hall–Kier alpha value is -2.14. The van der Waals surface area contributed by atoms with Crippen LogP contribution in [-0.2, 0) is 4.79 Å². The van der Waals surface area contributed by atoms with Gasteiger partial charge < -0.3 is 14.4 Å². The van der Waals surface area contributed by atoms with E-state index in [9.17, 15) is 4.79 Å². The molecule has 1 amide bonds. The van der Waals surface area contributed by atoms with E-state index in [1.165, 1.54) is 5.56 Å². The minimum Gasteiger partial charge on any atom is -0.497 e. The van der Waals surface area contributed by atoms with Gasteiger partial charge in [-0.05, 0) is 42.8 Å². The molecule has 2 aromatic rings. The number of carbonyl (C=O) groups is 1. The fraction of sp³-hybridized carbons (Fsp3) is 0.316. The van der Waals surface area contributed by atoms with Crippen molar-refractivity contribution >= 4 is 17.7 Å². The number of amides is 1. The molecule has 0 fully saturated rings. The van der Waals surface area contributed by atoms with Crippen LogP contribution in [0.2, 0.25) is 0 Å². The summed E-state index contributed by atoms with van der Waals surface area (Å²) in [5.74, 6) is 2.10. The van der Waals surface area contributed by atoms with E-state index in [0.29, 0.717) is 18.9 Å². The van der Waals surface area contributed by atoms with Crippen molar-refractivity contribution in [3.63, 3.8) is 0 Å². The Bertz CT molecular complexity index is 658. The number of ether oxygens (including phenoxy) is 2. The summed E-state index contributed by atoms with van der Waals surface area (Å²) in [6.45, 7) is 3.07. The highest BCUT2D eigenvalue weighted by atomic mass is 32.2. The molecule has 0 saturated carbocycles. The van der Waals surface area contributed by atoms with Gasteiger partial charge in [-0.1, -0.05) is 18.2 Å². The van der Waals surface area contributed by atoms with E-state index < -0.39 is 0 Å². The Morgan fingerprint density at radius 3 is 2.42 bits per heavy atom. The van der Waals surface area contributed by atoms with Gasteiger partial charge in [0, 0.05) is 11.9 Å². The lowest BCUT2D eigenvalue weighted by Gasteiger charge is -2.17. The number of benzene rings is 2. The van der Waals surface area contributed by atoms with Crippen LogP contribution in [0.15, 0.2) is 53.4 Å². The van der Waals surface area contributed by atoms with Crippen molar-refractivity contribution in [2.75, 3.05) is 33.1 Å². The first kappa shape index (κ1) is 18.2. The third-order valence-corrected chi connectivity index (χ3v) is 4.79. The summed E-state index contributed by atoms with van der Waals surface area (Å²) in [7, 11) is 3.43. The molecule has 0 bridgehead atoms. The average Bonchev–Trinajstić information content (AvgIpc) is 2.61. The highest BCUT2D eigenvalue weighted by Gasteiger charge is 2.10. The first-order valence-electron chi connectivity index (χ1n) is 7.79. The lowest BCUT2D eigenvalue weighted by Crippen LogP contribution is -2.32. The van der Waals surface area contributed by atoms with Crippen LogP contribution in [0.25, 0.3) is 0 Å². The van der Waals surface area contributed by atoms with Crippen LogP contribution < -0.4 is 9.47 Å². The van der Waals surface area contributed by atoms with E-state index in [0.717, 1.165) is 16.4 Å². The Morgan fingerprint density at radius 1 is 1.08 bits per heavy atom. The first-order chi connectivity index (χ1) is 11.6. The molecule has 0 spiro atoms. The Labute approximate surface area is 147 Å². The van der Waals surface area contributed by atoms with Gasteiger partial charge in [-0.25, -0.2) is 0 Å². The van der Waals surface area contributed by atoms with Crippen LogP contribution in [0, 0.1) is 6.92 Å². The minimum atomic E-state index is 0.0987. The predicted octanol–water partition coefficient (Wildman–Crippen LogP) is 3.63. The molecule has 0 aliphatic heterocycles. The van der Waals surface area contributed by atoms with E-state index in [4.69, 9.17) is 9.47 Å². The normalized spacial score (nSPS) is 10.3. The molecule has 5 heteroatoms. The minimum absolute atomic E-state index is 0.0987. The van der Waals surface area contributed by atoms with Crippen LogP contribution in [0.4, 0.5) is 0 Å². The van der Waals surface area contributed by atoms with E-state index in [1.807, 2.05) is 42.5 Å². The number of likely N-dealkylation sites (N-methyl/N-ethyl adjacent to an activating group) is 1.